The molecular weight excluding hydrogens is 304 g/mol. The van der Waals surface area contributed by atoms with E-state index in [-0.39, 0.29) is 12.1 Å². The molecule has 0 amide bonds. The van der Waals surface area contributed by atoms with Crippen LogP contribution < -0.4 is 5.32 Å². The zero-order valence-corrected chi connectivity index (χ0v) is 14.1. The summed E-state index contributed by atoms with van der Waals surface area (Å²) >= 11 is 0. The zero-order chi connectivity index (χ0) is 16.9. The molecule has 6 heteroatoms. The van der Waals surface area contributed by atoms with Crippen LogP contribution >= 0.6 is 0 Å². The number of nitrogens with zero attached hydrogens (tertiary/aromatic N) is 3. The molecule has 0 aromatic carbocycles. The van der Waals surface area contributed by atoms with Crippen LogP contribution in [0.5, 0.6) is 0 Å². The number of hydrogen-bond acceptors (Lipinski definition) is 5. The minimum Gasteiger partial charge on any atom is -0.468 e. The highest BCUT2D eigenvalue weighted by Gasteiger charge is 2.21. The second-order valence-corrected chi connectivity index (χ2v) is 5.70. The third-order valence-corrected chi connectivity index (χ3v) is 4.05. The first kappa shape index (κ1) is 16.4. The van der Waals surface area contributed by atoms with Crippen molar-refractivity contribution in [3.63, 3.8) is 0 Å². The standard InChI is InChI=1S/C18H22N4O2/c1-13(21-16(12-23-3)17-7-6-10-24-17)15-11-20-22(14(15)2)18-8-4-5-9-19-18/h4-11,13,16,21H,12H2,1-3H3. The molecule has 3 rings (SSSR count). The highest BCUT2D eigenvalue weighted by atomic mass is 16.5. The molecule has 0 fully saturated rings. The van der Waals surface area contributed by atoms with Crippen LogP contribution in [-0.2, 0) is 4.74 Å². The summed E-state index contributed by atoms with van der Waals surface area (Å²) in [5.74, 6) is 1.67. The van der Waals surface area contributed by atoms with Gasteiger partial charge in [0.15, 0.2) is 5.82 Å². The van der Waals surface area contributed by atoms with Crippen LogP contribution in [0.15, 0.2) is 53.4 Å². The lowest BCUT2D eigenvalue weighted by Crippen LogP contribution is -2.28. The van der Waals surface area contributed by atoms with Crippen LogP contribution in [0.4, 0.5) is 0 Å². The maximum Gasteiger partial charge on any atom is 0.153 e. The number of pyridine rings is 1. The Labute approximate surface area is 141 Å². The fourth-order valence-electron chi connectivity index (χ4n) is 2.82. The summed E-state index contributed by atoms with van der Waals surface area (Å²) in [4.78, 5) is 4.36. The number of nitrogens with one attached hydrogen (secondary N) is 1. The SMILES string of the molecule is COCC(NC(C)c1cnn(-c2ccccn2)c1C)c1ccco1. The van der Waals surface area contributed by atoms with Crippen LogP contribution in [0.2, 0.25) is 0 Å². The summed E-state index contributed by atoms with van der Waals surface area (Å²) < 4.78 is 12.7. The average Bonchev–Trinajstić information content (AvgIpc) is 3.25. The third-order valence-electron chi connectivity index (χ3n) is 4.05. The Morgan fingerprint density at radius 2 is 2.17 bits per heavy atom. The van der Waals surface area contributed by atoms with Crippen molar-refractivity contribution in [3.8, 4) is 5.82 Å². The second kappa shape index (κ2) is 7.42. The van der Waals surface area contributed by atoms with Gasteiger partial charge in [0.1, 0.15) is 5.76 Å². The lowest BCUT2D eigenvalue weighted by atomic mass is 10.1. The van der Waals surface area contributed by atoms with E-state index in [1.165, 1.54) is 0 Å². The van der Waals surface area contributed by atoms with Crippen LogP contribution in [0.3, 0.4) is 0 Å². The zero-order valence-electron chi connectivity index (χ0n) is 14.1. The second-order valence-electron chi connectivity index (χ2n) is 5.70. The van der Waals surface area contributed by atoms with Gasteiger partial charge in [0.25, 0.3) is 0 Å². The summed E-state index contributed by atoms with van der Waals surface area (Å²) in [7, 11) is 1.69. The Morgan fingerprint density at radius 1 is 1.29 bits per heavy atom. The van der Waals surface area contributed by atoms with Crippen molar-refractivity contribution in [1.82, 2.24) is 20.1 Å². The maximum absolute atomic E-state index is 5.52. The molecule has 0 bridgehead atoms. The van der Waals surface area contributed by atoms with Crippen molar-refractivity contribution >= 4 is 0 Å². The minimum absolute atomic E-state index is 0.0161. The predicted octanol–water partition coefficient (Wildman–Crippen LogP) is 3.21. The van der Waals surface area contributed by atoms with E-state index in [1.54, 1.807) is 19.6 Å². The normalized spacial score (nSPS) is 13.8. The number of furan rings is 1. The number of aromatic nitrogens is 3. The lowest BCUT2D eigenvalue weighted by Gasteiger charge is -2.21. The van der Waals surface area contributed by atoms with Gasteiger partial charge in [-0.2, -0.15) is 5.10 Å². The number of ether oxygens (including phenoxy) is 1. The molecule has 3 heterocycles. The van der Waals surface area contributed by atoms with E-state index >= 15 is 0 Å². The Balaban J connectivity index is 1.80. The molecule has 24 heavy (non-hydrogen) atoms. The summed E-state index contributed by atoms with van der Waals surface area (Å²) in [5.41, 5.74) is 2.18. The topological polar surface area (TPSA) is 65.1 Å². The summed E-state index contributed by atoms with van der Waals surface area (Å²) in [6.45, 7) is 4.69. The van der Waals surface area contributed by atoms with Crippen molar-refractivity contribution in [1.29, 1.82) is 0 Å². The number of methoxy groups -OCH3 is 1. The van der Waals surface area contributed by atoms with Gasteiger partial charge in [-0.15, -0.1) is 0 Å². The molecular formula is C18H22N4O2. The van der Waals surface area contributed by atoms with E-state index in [1.807, 2.05) is 48.1 Å². The predicted molar refractivity (Wildman–Crippen MR) is 91.0 cm³/mol. The molecule has 0 radical (unpaired) electrons. The molecule has 6 nitrogen and oxygen atoms in total. The molecule has 3 aromatic rings. The first-order valence-electron chi connectivity index (χ1n) is 7.95. The molecule has 0 spiro atoms. The smallest absolute Gasteiger partial charge is 0.153 e. The van der Waals surface area contributed by atoms with Crippen molar-refractivity contribution in [2.45, 2.75) is 25.9 Å². The minimum atomic E-state index is -0.0161. The molecule has 0 aliphatic rings. The summed E-state index contributed by atoms with van der Waals surface area (Å²) in [5, 5.41) is 8.03. The molecule has 0 aliphatic carbocycles. The van der Waals surface area contributed by atoms with Gasteiger partial charge in [-0.1, -0.05) is 6.07 Å². The molecule has 126 valence electrons. The van der Waals surface area contributed by atoms with Gasteiger partial charge in [-0.3, -0.25) is 5.32 Å². The Bertz CT molecular complexity index is 753. The van der Waals surface area contributed by atoms with E-state index in [9.17, 15) is 0 Å². The van der Waals surface area contributed by atoms with Gasteiger partial charge >= 0.3 is 0 Å². The van der Waals surface area contributed by atoms with Crippen molar-refractivity contribution < 1.29 is 9.15 Å². The summed E-state index contributed by atoms with van der Waals surface area (Å²) in [6, 6.07) is 9.70. The van der Waals surface area contributed by atoms with E-state index in [4.69, 9.17) is 9.15 Å². The van der Waals surface area contributed by atoms with Crippen molar-refractivity contribution in [2.75, 3.05) is 13.7 Å². The van der Waals surface area contributed by atoms with Crippen LogP contribution in [0.25, 0.3) is 5.82 Å². The molecule has 0 aliphatic heterocycles. The van der Waals surface area contributed by atoms with Gasteiger partial charge in [-0.05, 0) is 38.1 Å². The van der Waals surface area contributed by atoms with Gasteiger partial charge in [0, 0.05) is 30.6 Å². The summed E-state index contributed by atoms with van der Waals surface area (Å²) in [6.07, 6.45) is 5.33. The highest BCUT2D eigenvalue weighted by molar-refractivity contribution is 5.29. The maximum atomic E-state index is 5.52. The highest BCUT2D eigenvalue weighted by Crippen LogP contribution is 2.23. The van der Waals surface area contributed by atoms with Gasteiger partial charge < -0.3 is 9.15 Å². The van der Waals surface area contributed by atoms with Gasteiger partial charge in [0.05, 0.1) is 25.1 Å². The van der Waals surface area contributed by atoms with E-state index < -0.39 is 0 Å². The van der Waals surface area contributed by atoms with Crippen LogP contribution in [0, 0.1) is 6.92 Å². The van der Waals surface area contributed by atoms with Crippen molar-refractivity contribution in [3.05, 3.63) is 66.0 Å². The lowest BCUT2D eigenvalue weighted by molar-refractivity contribution is 0.152. The fourth-order valence-corrected chi connectivity index (χ4v) is 2.82. The molecule has 1 N–H and O–H groups in total. The Hall–Kier alpha value is -2.44. The molecule has 0 saturated carbocycles. The average molecular weight is 326 g/mol. The van der Waals surface area contributed by atoms with Crippen LogP contribution in [0.1, 0.15) is 36.0 Å². The molecule has 3 aromatic heterocycles. The molecule has 2 unspecified atom stereocenters. The Kier molecular flexibility index (Phi) is 5.08. The number of rotatable bonds is 7. The van der Waals surface area contributed by atoms with Gasteiger partial charge in [-0.25, -0.2) is 9.67 Å². The van der Waals surface area contributed by atoms with Crippen LogP contribution in [-0.4, -0.2) is 28.5 Å². The largest absolute Gasteiger partial charge is 0.468 e. The molecule has 2 atom stereocenters. The monoisotopic (exact) mass is 326 g/mol. The van der Waals surface area contributed by atoms with Crippen molar-refractivity contribution in [2.24, 2.45) is 0 Å². The van der Waals surface area contributed by atoms with E-state index in [0.717, 1.165) is 22.8 Å². The molecule has 0 saturated heterocycles. The fraction of sp³-hybridized carbons (Fsp3) is 0.333. The third kappa shape index (κ3) is 3.39. The quantitative estimate of drug-likeness (QED) is 0.722. The number of hydrogen-bond donors (Lipinski definition) is 1. The first-order valence-corrected chi connectivity index (χ1v) is 7.95. The van der Waals surface area contributed by atoms with Gasteiger partial charge in [0.2, 0.25) is 0 Å². The van der Waals surface area contributed by atoms with E-state index in [2.05, 4.69) is 22.3 Å². The Morgan fingerprint density at radius 3 is 2.83 bits per heavy atom. The first-order chi connectivity index (χ1) is 11.7. The van der Waals surface area contributed by atoms with E-state index in [0.29, 0.717) is 6.61 Å².